The van der Waals surface area contributed by atoms with Crippen molar-refractivity contribution >= 4 is 40.2 Å². The molecule has 1 saturated heterocycles. The average Bonchev–Trinajstić information content (AvgIpc) is 3.18. The van der Waals surface area contributed by atoms with Crippen LogP contribution in [0, 0.1) is 0 Å². The highest BCUT2D eigenvalue weighted by atomic mass is 16.1. The molecule has 1 aliphatic rings. The molecule has 0 radical (unpaired) electrons. The van der Waals surface area contributed by atoms with Crippen LogP contribution in [0.15, 0.2) is 42.6 Å². The summed E-state index contributed by atoms with van der Waals surface area (Å²) in [6.07, 6.45) is 4.62. The first-order chi connectivity index (χ1) is 15.0. The quantitative estimate of drug-likeness (QED) is 0.395. The maximum absolute atomic E-state index is 12.1. The summed E-state index contributed by atoms with van der Waals surface area (Å²) < 4.78 is 0. The average molecular weight is 421 g/mol. The predicted octanol–water partition coefficient (Wildman–Crippen LogP) is 4.03. The van der Waals surface area contributed by atoms with E-state index >= 15 is 0 Å². The number of hydrogen-bond acceptors (Lipinski definition) is 6. The van der Waals surface area contributed by atoms with E-state index in [0.717, 1.165) is 66.1 Å². The number of hydrogen-bond donors (Lipinski definition) is 3. The smallest absolute Gasteiger partial charge is 0.152 e. The van der Waals surface area contributed by atoms with E-state index < -0.39 is 0 Å². The molecule has 0 spiro atoms. The number of nitrogen functional groups attached to an aromatic ring is 1. The lowest BCUT2D eigenvalue weighted by Crippen LogP contribution is -2.51. The second-order valence-electron chi connectivity index (χ2n) is 8.54. The summed E-state index contributed by atoms with van der Waals surface area (Å²) in [5.74, 6) is 1.93. The van der Waals surface area contributed by atoms with Gasteiger partial charge in [0, 0.05) is 48.0 Å². The fourth-order valence-electron chi connectivity index (χ4n) is 4.61. The molecule has 2 atom stereocenters. The molecule has 0 bridgehead atoms. The van der Waals surface area contributed by atoms with Gasteiger partial charge in [0.2, 0.25) is 0 Å². The van der Waals surface area contributed by atoms with Crippen LogP contribution in [0.1, 0.15) is 33.6 Å². The van der Waals surface area contributed by atoms with Crippen LogP contribution in [0.4, 0.5) is 23.0 Å². The van der Waals surface area contributed by atoms with Gasteiger partial charge in [0.1, 0.15) is 12.1 Å². The van der Waals surface area contributed by atoms with Crippen molar-refractivity contribution in [2.45, 2.75) is 51.7 Å². The molecular weight excluding hydrogens is 388 g/mol. The zero-order valence-electron chi connectivity index (χ0n) is 18.5. The van der Waals surface area contributed by atoms with Gasteiger partial charge in [-0.25, -0.2) is 4.98 Å². The van der Waals surface area contributed by atoms with Crippen molar-refractivity contribution < 1.29 is 4.79 Å². The third-order valence-corrected chi connectivity index (χ3v) is 6.00. The summed E-state index contributed by atoms with van der Waals surface area (Å²) in [4.78, 5) is 24.8. The van der Waals surface area contributed by atoms with E-state index in [0.29, 0.717) is 6.04 Å². The zero-order chi connectivity index (χ0) is 22.0. The Morgan fingerprint density at radius 1 is 1.35 bits per heavy atom. The van der Waals surface area contributed by atoms with Crippen LogP contribution in [-0.2, 0) is 4.79 Å². The SMILES string of the molecule is CCN(c1ncccc1NC(C)C)C1CCN(c2cc3cc(N)ccc3[nH]2)C(C=O)C1. The Bertz CT molecular complexity index is 1050. The van der Waals surface area contributed by atoms with Crippen molar-refractivity contribution in [3.8, 4) is 0 Å². The lowest BCUT2D eigenvalue weighted by molar-refractivity contribution is -0.109. The fraction of sp³-hybridized carbons (Fsp3) is 0.417. The predicted molar refractivity (Wildman–Crippen MR) is 129 cm³/mol. The van der Waals surface area contributed by atoms with Gasteiger partial charge < -0.3 is 30.6 Å². The van der Waals surface area contributed by atoms with Gasteiger partial charge >= 0.3 is 0 Å². The van der Waals surface area contributed by atoms with Gasteiger partial charge in [0.05, 0.1) is 11.7 Å². The minimum absolute atomic E-state index is 0.191. The molecular formula is C24H32N6O. The molecule has 3 heterocycles. The van der Waals surface area contributed by atoms with E-state index in [-0.39, 0.29) is 12.1 Å². The number of aromatic amines is 1. The number of aldehydes is 1. The summed E-state index contributed by atoms with van der Waals surface area (Å²) in [5.41, 5.74) is 8.74. The molecule has 0 amide bonds. The number of carbonyl (C=O) groups excluding carboxylic acids is 1. The highest BCUT2D eigenvalue weighted by molar-refractivity contribution is 5.87. The number of benzene rings is 1. The van der Waals surface area contributed by atoms with Crippen LogP contribution >= 0.6 is 0 Å². The van der Waals surface area contributed by atoms with Crippen molar-refractivity contribution in [1.29, 1.82) is 0 Å². The molecule has 7 heteroatoms. The van der Waals surface area contributed by atoms with E-state index in [1.807, 2.05) is 30.5 Å². The molecule has 1 fully saturated rings. The number of rotatable bonds is 7. The minimum Gasteiger partial charge on any atom is -0.399 e. The lowest BCUT2D eigenvalue weighted by atomic mass is 9.96. The Balaban J connectivity index is 1.57. The third-order valence-electron chi connectivity index (χ3n) is 6.00. The standard InChI is InChI=1S/C24H32N6O/c1-4-29(24-22(27-16(2)3)6-5-10-26-24)19-9-11-30(20(14-19)15-31)23-13-17-12-18(25)7-8-21(17)28-23/h5-8,10,12-13,15-16,19-20,27-28H,4,9,11,14,25H2,1-3H3. The van der Waals surface area contributed by atoms with Crippen LogP contribution in [0.3, 0.4) is 0 Å². The first-order valence-electron chi connectivity index (χ1n) is 11.1. The number of aromatic nitrogens is 2. The second kappa shape index (κ2) is 8.88. The van der Waals surface area contributed by atoms with E-state index in [1.165, 1.54) is 0 Å². The third kappa shape index (κ3) is 4.31. The number of nitrogens with two attached hydrogens (primary N) is 1. The Kier molecular flexibility index (Phi) is 6.02. The number of nitrogens with one attached hydrogen (secondary N) is 2. The Labute approximate surface area is 183 Å². The number of piperidine rings is 1. The molecule has 0 aliphatic carbocycles. The van der Waals surface area contributed by atoms with Crippen molar-refractivity contribution in [3.05, 3.63) is 42.6 Å². The minimum atomic E-state index is -0.191. The Morgan fingerprint density at radius 3 is 2.94 bits per heavy atom. The molecule has 1 aromatic carbocycles. The normalized spacial score (nSPS) is 19.0. The van der Waals surface area contributed by atoms with Crippen molar-refractivity contribution in [2.24, 2.45) is 0 Å². The molecule has 1 aliphatic heterocycles. The van der Waals surface area contributed by atoms with Crippen LogP contribution in [0.25, 0.3) is 10.9 Å². The Morgan fingerprint density at radius 2 is 2.19 bits per heavy atom. The summed E-state index contributed by atoms with van der Waals surface area (Å²) in [6, 6.07) is 12.3. The highest BCUT2D eigenvalue weighted by Crippen LogP contribution is 2.33. The number of nitrogens with zero attached hydrogens (tertiary/aromatic N) is 3. The molecule has 7 nitrogen and oxygen atoms in total. The van der Waals surface area contributed by atoms with Gasteiger partial charge in [-0.3, -0.25) is 0 Å². The summed E-state index contributed by atoms with van der Waals surface area (Å²) in [6.45, 7) is 8.04. The first-order valence-corrected chi connectivity index (χ1v) is 11.1. The van der Waals surface area contributed by atoms with Crippen LogP contribution in [0.2, 0.25) is 0 Å². The molecule has 164 valence electrons. The zero-order valence-corrected chi connectivity index (χ0v) is 18.5. The molecule has 2 aromatic heterocycles. The molecule has 4 rings (SSSR count). The highest BCUT2D eigenvalue weighted by Gasteiger charge is 2.33. The maximum Gasteiger partial charge on any atom is 0.152 e. The van der Waals surface area contributed by atoms with Gasteiger partial charge in [0.25, 0.3) is 0 Å². The molecule has 2 unspecified atom stereocenters. The van der Waals surface area contributed by atoms with E-state index in [4.69, 9.17) is 5.73 Å². The topological polar surface area (TPSA) is 90.3 Å². The van der Waals surface area contributed by atoms with Gasteiger partial charge in [-0.05, 0) is 70.0 Å². The van der Waals surface area contributed by atoms with Gasteiger partial charge in [-0.2, -0.15) is 0 Å². The second-order valence-corrected chi connectivity index (χ2v) is 8.54. The van der Waals surface area contributed by atoms with Crippen LogP contribution < -0.4 is 20.9 Å². The molecule has 31 heavy (non-hydrogen) atoms. The van der Waals surface area contributed by atoms with E-state index in [9.17, 15) is 4.79 Å². The summed E-state index contributed by atoms with van der Waals surface area (Å²) in [5, 5.41) is 4.57. The van der Waals surface area contributed by atoms with Crippen LogP contribution in [-0.4, -0.2) is 47.5 Å². The lowest BCUT2D eigenvalue weighted by Gasteiger charge is -2.42. The monoisotopic (exact) mass is 420 g/mol. The summed E-state index contributed by atoms with van der Waals surface area (Å²) in [7, 11) is 0. The number of fused-ring (bicyclic) bond motifs is 1. The number of carbonyl (C=O) groups is 1. The van der Waals surface area contributed by atoms with E-state index in [2.05, 4.69) is 58.0 Å². The largest absolute Gasteiger partial charge is 0.399 e. The van der Waals surface area contributed by atoms with Crippen molar-refractivity contribution in [1.82, 2.24) is 9.97 Å². The van der Waals surface area contributed by atoms with Gasteiger partial charge in [0.15, 0.2) is 5.82 Å². The van der Waals surface area contributed by atoms with Gasteiger partial charge in [-0.1, -0.05) is 0 Å². The maximum atomic E-state index is 12.1. The fourth-order valence-corrected chi connectivity index (χ4v) is 4.61. The first kappa shape index (κ1) is 21.0. The van der Waals surface area contributed by atoms with E-state index in [1.54, 1.807) is 0 Å². The van der Waals surface area contributed by atoms with Crippen molar-refractivity contribution in [2.75, 3.05) is 33.9 Å². The molecule has 0 saturated carbocycles. The number of anilines is 4. The Hall–Kier alpha value is -3.22. The number of H-pyrrole nitrogens is 1. The molecule has 4 N–H and O–H groups in total. The number of pyridine rings is 1. The summed E-state index contributed by atoms with van der Waals surface area (Å²) >= 11 is 0. The van der Waals surface area contributed by atoms with Crippen molar-refractivity contribution in [3.63, 3.8) is 0 Å². The molecule has 3 aromatic rings. The van der Waals surface area contributed by atoms with Gasteiger partial charge in [-0.15, -0.1) is 0 Å². The van der Waals surface area contributed by atoms with Crippen LogP contribution in [0.5, 0.6) is 0 Å².